The van der Waals surface area contributed by atoms with E-state index in [0.29, 0.717) is 0 Å². The van der Waals surface area contributed by atoms with E-state index in [9.17, 15) is 4.39 Å². The molecular weight excluding hydrogens is 383 g/mol. The Labute approximate surface area is 176 Å². The van der Waals surface area contributed by atoms with E-state index in [2.05, 4.69) is 48.5 Å². The molecule has 4 rings (SSSR count). The van der Waals surface area contributed by atoms with Gasteiger partial charge >= 0.3 is 0 Å². The third-order valence-corrected chi connectivity index (χ3v) is 6.53. The Kier molecular flexibility index (Phi) is 6.34. The molecule has 29 heavy (non-hydrogen) atoms. The molecule has 0 bridgehead atoms. The molecule has 150 valence electrons. The van der Waals surface area contributed by atoms with Crippen molar-refractivity contribution in [2.75, 3.05) is 20.3 Å². The topological polar surface area (TPSA) is 18.5 Å². The van der Waals surface area contributed by atoms with Crippen LogP contribution in [0.2, 0.25) is 0 Å². The molecule has 0 atom stereocenters. The highest BCUT2D eigenvalue weighted by Crippen LogP contribution is 2.38. The van der Waals surface area contributed by atoms with Gasteiger partial charge in [-0.05, 0) is 59.5 Å². The summed E-state index contributed by atoms with van der Waals surface area (Å²) in [5, 5.41) is 0. The average Bonchev–Trinajstić information content (AvgIpc) is 2.77. The van der Waals surface area contributed by atoms with Gasteiger partial charge in [0.2, 0.25) is 0 Å². The summed E-state index contributed by atoms with van der Waals surface area (Å²) in [6.07, 6.45) is 2.57. The van der Waals surface area contributed by atoms with Gasteiger partial charge in [0.25, 0.3) is 0 Å². The molecular formula is C25H25FO2S. The second-order valence-electron chi connectivity index (χ2n) is 7.39. The van der Waals surface area contributed by atoms with E-state index < -0.39 is 0 Å². The van der Waals surface area contributed by atoms with Crippen molar-refractivity contribution in [2.24, 2.45) is 0 Å². The fourth-order valence-electron chi connectivity index (χ4n) is 3.80. The lowest BCUT2D eigenvalue weighted by Crippen LogP contribution is -2.35. The zero-order chi connectivity index (χ0) is 20.1. The number of benzene rings is 3. The quantitative estimate of drug-likeness (QED) is 0.482. The molecule has 0 spiro atoms. The normalized spacial score (nSPS) is 15.9. The van der Waals surface area contributed by atoms with Crippen LogP contribution in [-0.2, 0) is 21.5 Å². The van der Waals surface area contributed by atoms with Crippen LogP contribution in [0.5, 0.6) is 0 Å². The first kappa shape index (κ1) is 20.1. The van der Waals surface area contributed by atoms with Gasteiger partial charge in [-0.2, -0.15) is 0 Å². The molecule has 1 saturated heterocycles. The van der Waals surface area contributed by atoms with Gasteiger partial charge in [0.1, 0.15) is 5.82 Å². The molecule has 0 aromatic heterocycles. The van der Waals surface area contributed by atoms with Crippen LogP contribution in [0.15, 0.2) is 82.6 Å². The molecule has 0 unspecified atom stereocenters. The second-order valence-corrected chi connectivity index (χ2v) is 8.53. The molecule has 0 saturated carbocycles. The molecule has 1 heterocycles. The first-order valence-electron chi connectivity index (χ1n) is 9.92. The number of hydrogen-bond acceptors (Lipinski definition) is 3. The lowest BCUT2D eigenvalue weighted by Gasteiger charge is -2.36. The van der Waals surface area contributed by atoms with E-state index in [0.717, 1.165) is 38.0 Å². The maximum atomic E-state index is 13.1. The molecule has 0 radical (unpaired) electrons. The van der Waals surface area contributed by atoms with Gasteiger partial charge in [-0.3, -0.25) is 0 Å². The van der Waals surface area contributed by atoms with E-state index >= 15 is 0 Å². The first-order valence-corrected chi connectivity index (χ1v) is 10.7. The summed E-state index contributed by atoms with van der Waals surface area (Å²) in [5.74, 6) is -0.196. The van der Waals surface area contributed by atoms with Crippen molar-refractivity contribution in [1.29, 1.82) is 0 Å². The fourth-order valence-corrected chi connectivity index (χ4v) is 4.68. The summed E-state index contributed by atoms with van der Waals surface area (Å²) >= 11 is 1.76. The first-order chi connectivity index (χ1) is 14.2. The highest BCUT2D eigenvalue weighted by Gasteiger charge is 2.34. The van der Waals surface area contributed by atoms with Gasteiger partial charge in [-0.15, -0.1) is 0 Å². The Morgan fingerprint density at radius 3 is 2.21 bits per heavy atom. The molecule has 1 aliphatic rings. The maximum absolute atomic E-state index is 13.1. The van der Waals surface area contributed by atoms with Crippen molar-refractivity contribution in [2.45, 2.75) is 34.7 Å². The zero-order valence-corrected chi connectivity index (χ0v) is 17.4. The molecule has 1 aliphatic heterocycles. The van der Waals surface area contributed by atoms with Crippen LogP contribution >= 0.6 is 11.8 Å². The van der Waals surface area contributed by atoms with Crippen molar-refractivity contribution >= 4 is 11.8 Å². The lowest BCUT2D eigenvalue weighted by atomic mass is 9.86. The van der Waals surface area contributed by atoms with Gasteiger partial charge in [-0.1, -0.05) is 48.2 Å². The number of ether oxygens (including phenoxy) is 2. The van der Waals surface area contributed by atoms with Gasteiger partial charge in [-0.25, -0.2) is 4.39 Å². The number of methoxy groups -OCH3 is 1. The Morgan fingerprint density at radius 2 is 1.55 bits per heavy atom. The Morgan fingerprint density at radius 1 is 0.897 bits per heavy atom. The van der Waals surface area contributed by atoms with E-state index in [1.807, 2.05) is 12.1 Å². The van der Waals surface area contributed by atoms with E-state index in [-0.39, 0.29) is 11.4 Å². The third kappa shape index (κ3) is 4.89. The van der Waals surface area contributed by atoms with E-state index in [1.165, 1.54) is 33.1 Å². The van der Waals surface area contributed by atoms with Crippen LogP contribution in [0.1, 0.15) is 29.5 Å². The summed E-state index contributed by atoms with van der Waals surface area (Å²) in [4.78, 5) is 2.40. The maximum Gasteiger partial charge on any atom is 0.123 e. The van der Waals surface area contributed by atoms with Crippen molar-refractivity contribution in [3.05, 3.63) is 95.3 Å². The molecule has 1 fully saturated rings. The summed E-state index contributed by atoms with van der Waals surface area (Å²) < 4.78 is 24.5. The van der Waals surface area contributed by atoms with E-state index in [4.69, 9.17) is 9.47 Å². The van der Waals surface area contributed by atoms with Crippen molar-refractivity contribution in [1.82, 2.24) is 0 Å². The fraction of sp³-hybridized carbons (Fsp3) is 0.280. The third-order valence-electron chi connectivity index (χ3n) is 5.53. The number of rotatable bonds is 6. The van der Waals surface area contributed by atoms with Crippen LogP contribution < -0.4 is 0 Å². The summed E-state index contributed by atoms with van der Waals surface area (Å²) in [7, 11) is 1.80. The molecule has 4 heteroatoms. The minimum absolute atomic E-state index is 0.196. The van der Waals surface area contributed by atoms with Gasteiger partial charge in [0, 0.05) is 43.0 Å². The smallest absolute Gasteiger partial charge is 0.123 e. The van der Waals surface area contributed by atoms with Crippen molar-refractivity contribution in [3.8, 4) is 0 Å². The van der Waals surface area contributed by atoms with Crippen molar-refractivity contribution < 1.29 is 13.9 Å². The van der Waals surface area contributed by atoms with Gasteiger partial charge < -0.3 is 9.47 Å². The minimum Gasteiger partial charge on any atom is -0.381 e. The molecule has 3 aromatic rings. The molecule has 3 aromatic carbocycles. The molecule has 0 aliphatic carbocycles. The predicted octanol–water partition coefficient (Wildman–Crippen LogP) is 6.22. The number of halogens is 1. The predicted molar refractivity (Wildman–Crippen MR) is 115 cm³/mol. The van der Waals surface area contributed by atoms with Crippen LogP contribution in [0.4, 0.5) is 4.39 Å². The summed E-state index contributed by atoms with van der Waals surface area (Å²) in [5.41, 5.74) is 3.31. The van der Waals surface area contributed by atoms with Crippen LogP contribution in [0.3, 0.4) is 0 Å². The summed E-state index contributed by atoms with van der Waals surface area (Å²) in [6.45, 7) is 1.47. The minimum atomic E-state index is -0.242. The van der Waals surface area contributed by atoms with Crippen molar-refractivity contribution in [3.63, 3.8) is 0 Å². The number of hydrogen-bond donors (Lipinski definition) is 0. The molecule has 0 amide bonds. The van der Waals surface area contributed by atoms with Gasteiger partial charge in [0.05, 0.1) is 5.60 Å². The van der Waals surface area contributed by atoms with E-state index in [1.54, 1.807) is 18.9 Å². The highest BCUT2D eigenvalue weighted by molar-refractivity contribution is 7.99. The zero-order valence-electron chi connectivity index (χ0n) is 16.6. The highest BCUT2D eigenvalue weighted by atomic mass is 32.2. The standard InChI is InChI=1S/C25H25FO2S/c1-27-25(13-15-28-16-14-25)21-3-2-4-24(18-21)29-23-11-7-20(8-12-23)17-19-5-9-22(26)10-6-19/h2-12,18H,13-17H2,1H3. The van der Waals surface area contributed by atoms with Crippen LogP contribution in [0, 0.1) is 5.82 Å². The second kappa shape index (κ2) is 9.12. The Hall–Kier alpha value is -2.14. The summed E-state index contributed by atoms with van der Waals surface area (Å²) in [6, 6.07) is 23.9. The average molecular weight is 409 g/mol. The van der Waals surface area contributed by atoms with Crippen LogP contribution in [0.25, 0.3) is 0 Å². The largest absolute Gasteiger partial charge is 0.381 e. The SMILES string of the molecule is COC1(c2cccc(Sc3ccc(Cc4ccc(F)cc4)cc3)c2)CCOCC1. The Balaban J connectivity index is 1.46. The monoisotopic (exact) mass is 408 g/mol. The Bertz CT molecular complexity index is 932. The molecule has 2 nitrogen and oxygen atoms in total. The van der Waals surface area contributed by atoms with Crippen LogP contribution in [-0.4, -0.2) is 20.3 Å². The van der Waals surface area contributed by atoms with Gasteiger partial charge in [0.15, 0.2) is 0 Å². The molecule has 0 N–H and O–H groups in total. The lowest BCUT2D eigenvalue weighted by molar-refractivity contribution is -0.0948.